The standard InChI is InChI=1S/C11H21NO2S/c1-3-5-6-14-11(13)12-7-10(8-12)9-15-4-2/h10H,3-9H2,1-2H3. The van der Waals surface area contributed by atoms with Crippen molar-refractivity contribution < 1.29 is 9.53 Å². The average molecular weight is 231 g/mol. The zero-order valence-corrected chi connectivity index (χ0v) is 10.5. The van der Waals surface area contributed by atoms with Crippen LogP contribution < -0.4 is 0 Å². The van der Waals surface area contributed by atoms with E-state index >= 15 is 0 Å². The van der Waals surface area contributed by atoms with Crippen LogP contribution in [0, 0.1) is 5.92 Å². The molecule has 4 heteroatoms. The Labute approximate surface area is 96.5 Å². The summed E-state index contributed by atoms with van der Waals surface area (Å²) in [5.74, 6) is 3.03. The minimum atomic E-state index is -0.124. The number of hydrogen-bond acceptors (Lipinski definition) is 3. The Hall–Kier alpha value is -0.380. The van der Waals surface area contributed by atoms with Crippen molar-refractivity contribution in [3.05, 3.63) is 0 Å². The van der Waals surface area contributed by atoms with E-state index < -0.39 is 0 Å². The number of hydrogen-bond donors (Lipinski definition) is 0. The zero-order chi connectivity index (χ0) is 11.1. The van der Waals surface area contributed by atoms with Crippen LogP contribution in [-0.4, -0.2) is 42.2 Å². The van der Waals surface area contributed by atoms with Crippen LogP contribution in [0.25, 0.3) is 0 Å². The first-order chi connectivity index (χ1) is 7.27. The second kappa shape index (κ2) is 6.99. The van der Waals surface area contributed by atoms with Crippen molar-refractivity contribution in [2.75, 3.05) is 31.2 Å². The Kier molecular flexibility index (Phi) is 5.91. The molecule has 1 aliphatic rings. The summed E-state index contributed by atoms with van der Waals surface area (Å²) in [7, 11) is 0. The van der Waals surface area contributed by atoms with E-state index in [1.807, 2.05) is 11.8 Å². The molecule has 88 valence electrons. The van der Waals surface area contributed by atoms with Crippen LogP contribution in [0.3, 0.4) is 0 Å². The van der Waals surface area contributed by atoms with E-state index in [2.05, 4.69) is 13.8 Å². The minimum Gasteiger partial charge on any atom is -0.449 e. The van der Waals surface area contributed by atoms with E-state index in [1.54, 1.807) is 4.90 Å². The second-order valence-corrected chi connectivity index (χ2v) is 5.22. The summed E-state index contributed by atoms with van der Waals surface area (Å²) < 4.78 is 5.12. The molecule has 0 radical (unpaired) electrons. The third kappa shape index (κ3) is 4.33. The van der Waals surface area contributed by atoms with E-state index in [0.717, 1.165) is 31.7 Å². The van der Waals surface area contributed by atoms with Crippen LogP contribution in [0.4, 0.5) is 4.79 Å². The van der Waals surface area contributed by atoms with Gasteiger partial charge >= 0.3 is 6.09 Å². The van der Waals surface area contributed by atoms with Gasteiger partial charge in [0, 0.05) is 19.0 Å². The number of likely N-dealkylation sites (tertiary alicyclic amines) is 1. The van der Waals surface area contributed by atoms with Gasteiger partial charge in [0.2, 0.25) is 0 Å². The monoisotopic (exact) mass is 231 g/mol. The van der Waals surface area contributed by atoms with Crippen LogP contribution in [0.15, 0.2) is 0 Å². The predicted molar refractivity (Wildman–Crippen MR) is 64.3 cm³/mol. The van der Waals surface area contributed by atoms with E-state index in [-0.39, 0.29) is 6.09 Å². The van der Waals surface area contributed by atoms with Gasteiger partial charge in [0.15, 0.2) is 0 Å². The first-order valence-corrected chi connectivity index (χ1v) is 6.92. The fourth-order valence-corrected chi connectivity index (χ4v) is 2.28. The molecule has 1 aliphatic heterocycles. The maximum absolute atomic E-state index is 11.4. The van der Waals surface area contributed by atoms with Gasteiger partial charge in [0.25, 0.3) is 0 Å². The number of carbonyl (C=O) groups is 1. The third-order valence-corrected chi connectivity index (χ3v) is 3.61. The van der Waals surface area contributed by atoms with Crippen LogP contribution in [0.1, 0.15) is 26.7 Å². The van der Waals surface area contributed by atoms with Crippen molar-refractivity contribution >= 4 is 17.9 Å². The summed E-state index contributed by atoms with van der Waals surface area (Å²) in [6, 6.07) is 0. The lowest BCUT2D eigenvalue weighted by Gasteiger charge is -2.38. The Morgan fingerprint density at radius 3 is 2.80 bits per heavy atom. The third-order valence-electron chi connectivity index (χ3n) is 2.50. The van der Waals surface area contributed by atoms with Gasteiger partial charge in [-0.1, -0.05) is 20.3 Å². The normalized spacial score (nSPS) is 16.3. The van der Waals surface area contributed by atoms with Crippen molar-refractivity contribution in [1.29, 1.82) is 0 Å². The quantitative estimate of drug-likeness (QED) is 0.658. The van der Waals surface area contributed by atoms with Crippen LogP contribution in [0.2, 0.25) is 0 Å². The van der Waals surface area contributed by atoms with Crippen molar-refractivity contribution in [1.82, 2.24) is 4.90 Å². The highest BCUT2D eigenvalue weighted by atomic mass is 32.2. The van der Waals surface area contributed by atoms with Crippen LogP contribution in [-0.2, 0) is 4.74 Å². The summed E-state index contributed by atoms with van der Waals surface area (Å²) >= 11 is 1.95. The minimum absolute atomic E-state index is 0.124. The van der Waals surface area contributed by atoms with Gasteiger partial charge in [-0.3, -0.25) is 0 Å². The Balaban J connectivity index is 2.02. The van der Waals surface area contributed by atoms with Gasteiger partial charge in [0.05, 0.1) is 6.61 Å². The van der Waals surface area contributed by atoms with Crippen LogP contribution >= 0.6 is 11.8 Å². The summed E-state index contributed by atoms with van der Waals surface area (Å²) in [5.41, 5.74) is 0. The summed E-state index contributed by atoms with van der Waals surface area (Å²) in [6.07, 6.45) is 1.92. The first-order valence-electron chi connectivity index (χ1n) is 5.77. The molecule has 0 saturated carbocycles. The number of unbranched alkanes of at least 4 members (excludes halogenated alkanes) is 1. The molecular formula is C11H21NO2S. The maximum atomic E-state index is 11.4. The molecule has 1 fully saturated rings. The van der Waals surface area contributed by atoms with Crippen molar-refractivity contribution in [2.24, 2.45) is 5.92 Å². The number of rotatable bonds is 6. The molecule has 1 amide bonds. The topological polar surface area (TPSA) is 29.5 Å². The molecule has 0 bridgehead atoms. The lowest BCUT2D eigenvalue weighted by molar-refractivity contribution is 0.0592. The number of nitrogens with zero attached hydrogens (tertiary/aromatic N) is 1. The lowest BCUT2D eigenvalue weighted by atomic mass is 10.0. The molecule has 0 aromatic carbocycles. The first kappa shape index (κ1) is 12.7. The van der Waals surface area contributed by atoms with Gasteiger partial charge < -0.3 is 9.64 Å². The molecule has 1 saturated heterocycles. The molecule has 0 aromatic heterocycles. The highest BCUT2D eigenvalue weighted by molar-refractivity contribution is 7.99. The Bertz CT molecular complexity index is 193. The molecule has 0 unspecified atom stereocenters. The van der Waals surface area contributed by atoms with Crippen molar-refractivity contribution in [2.45, 2.75) is 26.7 Å². The van der Waals surface area contributed by atoms with Gasteiger partial charge in [-0.15, -0.1) is 0 Å². The number of carbonyl (C=O) groups excluding carboxylic acids is 1. The summed E-state index contributed by atoms with van der Waals surface area (Å²) in [5, 5.41) is 0. The van der Waals surface area contributed by atoms with E-state index in [0.29, 0.717) is 12.5 Å². The fraction of sp³-hybridized carbons (Fsp3) is 0.909. The molecular weight excluding hydrogens is 210 g/mol. The number of ether oxygens (including phenoxy) is 1. The SMILES string of the molecule is CCCCOC(=O)N1CC(CSCC)C1. The van der Waals surface area contributed by atoms with Crippen molar-refractivity contribution in [3.63, 3.8) is 0 Å². The smallest absolute Gasteiger partial charge is 0.409 e. The van der Waals surface area contributed by atoms with Crippen molar-refractivity contribution in [3.8, 4) is 0 Å². The number of amides is 1. The van der Waals surface area contributed by atoms with Gasteiger partial charge in [-0.2, -0.15) is 11.8 Å². The molecule has 15 heavy (non-hydrogen) atoms. The van der Waals surface area contributed by atoms with Crippen LogP contribution in [0.5, 0.6) is 0 Å². The van der Waals surface area contributed by atoms with Gasteiger partial charge in [0.1, 0.15) is 0 Å². The molecule has 1 rings (SSSR count). The van der Waals surface area contributed by atoms with Gasteiger partial charge in [-0.05, 0) is 17.9 Å². The molecule has 0 atom stereocenters. The molecule has 0 aliphatic carbocycles. The zero-order valence-electron chi connectivity index (χ0n) is 9.70. The second-order valence-electron chi connectivity index (χ2n) is 3.90. The largest absolute Gasteiger partial charge is 0.449 e. The average Bonchev–Trinajstić information content (AvgIpc) is 2.16. The van der Waals surface area contributed by atoms with E-state index in [9.17, 15) is 4.79 Å². The highest BCUT2D eigenvalue weighted by Gasteiger charge is 2.31. The molecule has 0 N–H and O–H groups in total. The fourth-order valence-electron chi connectivity index (χ4n) is 1.50. The van der Waals surface area contributed by atoms with Gasteiger partial charge in [-0.25, -0.2) is 4.79 Å². The highest BCUT2D eigenvalue weighted by Crippen LogP contribution is 2.20. The Morgan fingerprint density at radius 2 is 2.20 bits per heavy atom. The summed E-state index contributed by atoms with van der Waals surface area (Å²) in [6.45, 7) is 6.60. The maximum Gasteiger partial charge on any atom is 0.409 e. The lowest BCUT2D eigenvalue weighted by Crippen LogP contribution is -2.51. The number of thioether (sulfide) groups is 1. The molecule has 0 aromatic rings. The predicted octanol–water partition coefficient (Wildman–Crippen LogP) is 2.61. The molecule has 1 heterocycles. The Morgan fingerprint density at radius 1 is 1.47 bits per heavy atom. The van der Waals surface area contributed by atoms with E-state index in [4.69, 9.17) is 4.74 Å². The molecule has 3 nitrogen and oxygen atoms in total. The summed E-state index contributed by atoms with van der Waals surface area (Å²) in [4.78, 5) is 13.2. The molecule has 0 spiro atoms. The van der Waals surface area contributed by atoms with E-state index in [1.165, 1.54) is 5.75 Å².